The molecule has 9 nitrogen and oxygen atoms in total. The number of ether oxygens (including phenoxy) is 1. The number of rotatable bonds is 5. The molecule has 0 aromatic heterocycles. The van der Waals surface area contributed by atoms with Crippen molar-refractivity contribution in [3.63, 3.8) is 0 Å². The molecule has 3 amide bonds. The van der Waals surface area contributed by atoms with Gasteiger partial charge < -0.3 is 10.5 Å². The van der Waals surface area contributed by atoms with E-state index in [0.29, 0.717) is 16.7 Å². The largest absolute Gasteiger partial charge is 0.490 e. The van der Waals surface area contributed by atoms with Crippen LogP contribution in [0.3, 0.4) is 0 Å². The van der Waals surface area contributed by atoms with Crippen molar-refractivity contribution in [2.24, 2.45) is 5.73 Å². The molecule has 1 fully saturated rings. The molecule has 1 heterocycles. The summed E-state index contributed by atoms with van der Waals surface area (Å²) in [5.74, 6) is -1.53. The van der Waals surface area contributed by atoms with Crippen molar-refractivity contribution < 1.29 is 24.0 Å². The smallest absolute Gasteiger partial charge is 0.311 e. The molecular weight excluding hydrogens is 326 g/mol. The van der Waals surface area contributed by atoms with Gasteiger partial charge >= 0.3 is 5.69 Å². The highest BCUT2D eigenvalue weighted by molar-refractivity contribution is 8.18. The van der Waals surface area contributed by atoms with Crippen molar-refractivity contribution in [3.05, 3.63) is 38.8 Å². The molecule has 0 saturated carbocycles. The lowest BCUT2D eigenvalue weighted by Gasteiger charge is -2.08. The number of thioether (sulfide) groups is 1. The monoisotopic (exact) mass is 337 g/mol. The number of hydrogen-bond donors (Lipinski definition) is 1. The summed E-state index contributed by atoms with van der Waals surface area (Å²) in [6, 6.07) is 4.20. The van der Waals surface area contributed by atoms with Crippen molar-refractivity contribution in [1.29, 1.82) is 0 Å². The number of benzene rings is 1. The van der Waals surface area contributed by atoms with Crippen molar-refractivity contribution >= 4 is 40.6 Å². The van der Waals surface area contributed by atoms with Gasteiger partial charge in [0.05, 0.1) is 16.9 Å². The number of para-hydroxylation sites is 1. The van der Waals surface area contributed by atoms with Gasteiger partial charge in [0.1, 0.15) is 6.54 Å². The fraction of sp³-hybridized carbons (Fsp3) is 0.154. The van der Waals surface area contributed by atoms with Crippen LogP contribution in [0.15, 0.2) is 23.1 Å². The average molecular weight is 337 g/mol. The normalized spacial score (nSPS) is 16.0. The van der Waals surface area contributed by atoms with Gasteiger partial charge in [-0.1, -0.05) is 12.1 Å². The number of nitrogens with zero attached hydrogens (tertiary/aromatic N) is 2. The minimum Gasteiger partial charge on any atom is -0.490 e. The van der Waals surface area contributed by atoms with E-state index in [1.54, 1.807) is 0 Å². The van der Waals surface area contributed by atoms with E-state index >= 15 is 0 Å². The summed E-state index contributed by atoms with van der Waals surface area (Å²) in [4.78, 5) is 45.8. The molecule has 1 aliphatic rings. The van der Waals surface area contributed by atoms with E-state index in [1.807, 2.05) is 0 Å². The molecule has 2 N–H and O–H groups in total. The lowest BCUT2D eigenvalue weighted by Crippen LogP contribution is -2.36. The number of imide groups is 1. The highest BCUT2D eigenvalue weighted by Gasteiger charge is 2.36. The SMILES string of the molecule is COc1c(/C=C2\SC(=O)N(CC(N)=O)C2=O)cccc1[N+](=O)[O-]. The van der Waals surface area contributed by atoms with Crippen LogP contribution in [0, 0.1) is 10.1 Å². The van der Waals surface area contributed by atoms with Gasteiger partial charge in [-0.2, -0.15) is 0 Å². The van der Waals surface area contributed by atoms with Crippen LogP contribution in [0.5, 0.6) is 5.75 Å². The fourth-order valence-corrected chi connectivity index (χ4v) is 2.78. The van der Waals surface area contributed by atoms with E-state index in [2.05, 4.69) is 0 Å². The number of hydrogen-bond acceptors (Lipinski definition) is 7. The lowest BCUT2D eigenvalue weighted by molar-refractivity contribution is -0.385. The minimum atomic E-state index is -0.818. The first-order valence-corrected chi connectivity index (χ1v) is 7.02. The molecule has 0 unspecified atom stereocenters. The molecule has 2 rings (SSSR count). The molecule has 0 atom stereocenters. The number of methoxy groups -OCH3 is 1. The van der Waals surface area contributed by atoms with Crippen LogP contribution in [0.4, 0.5) is 10.5 Å². The van der Waals surface area contributed by atoms with Crippen molar-refractivity contribution in [2.45, 2.75) is 0 Å². The minimum absolute atomic E-state index is 0.0232. The fourth-order valence-electron chi connectivity index (χ4n) is 1.96. The third kappa shape index (κ3) is 3.31. The molecule has 23 heavy (non-hydrogen) atoms. The highest BCUT2D eigenvalue weighted by atomic mass is 32.2. The molecule has 0 aliphatic carbocycles. The van der Waals surface area contributed by atoms with E-state index in [0.717, 1.165) is 0 Å². The molecule has 0 radical (unpaired) electrons. The van der Waals surface area contributed by atoms with Gasteiger partial charge in [0, 0.05) is 11.6 Å². The molecule has 1 saturated heterocycles. The Morgan fingerprint density at radius 2 is 2.17 bits per heavy atom. The first-order chi connectivity index (χ1) is 10.8. The zero-order valence-electron chi connectivity index (χ0n) is 11.8. The van der Waals surface area contributed by atoms with E-state index in [1.165, 1.54) is 31.4 Å². The number of carbonyl (C=O) groups excluding carboxylic acids is 3. The number of nitro benzene ring substituents is 1. The number of carbonyl (C=O) groups is 3. The summed E-state index contributed by atoms with van der Waals surface area (Å²) in [7, 11) is 1.26. The van der Waals surface area contributed by atoms with E-state index in [4.69, 9.17) is 10.5 Å². The van der Waals surface area contributed by atoms with Gasteiger partial charge in [0.15, 0.2) is 0 Å². The van der Waals surface area contributed by atoms with Crippen LogP contribution < -0.4 is 10.5 Å². The Bertz CT molecular complexity index is 745. The van der Waals surface area contributed by atoms with E-state index in [-0.39, 0.29) is 21.9 Å². The third-order valence-electron chi connectivity index (χ3n) is 2.90. The summed E-state index contributed by atoms with van der Waals surface area (Å²) in [6.45, 7) is -0.520. The summed E-state index contributed by atoms with van der Waals surface area (Å²) in [6.07, 6.45) is 1.30. The first kappa shape index (κ1) is 16.5. The Hall–Kier alpha value is -2.88. The second-order valence-corrected chi connectivity index (χ2v) is 5.38. The Morgan fingerprint density at radius 3 is 2.74 bits per heavy atom. The molecule has 10 heteroatoms. The van der Waals surface area contributed by atoms with Gasteiger partial charge in [0.2, 0.25) is 11.7 Å². The number of nitrogens with two attached hydrogens (primary N) is 1. The first-order valence-electron chi connectivity index (χ1n) is 6.20. The molecular formula is C13H11N3O6S. The van der Waals surface area contributed by atoms with Gasteiger partial charge in [0.25, 0.3) is 11.1 Å². The molecule has 1 aliphatic heterocycles. The van der Waals surface area contributed by atoms with Crippen LogP contribution in [0.2, 0.25) is 0 Å². The van der Waals surface area contributed by atoms with E-state index in [9.17, 15) is 24.5 Å². The molecule has 0 spiro atoms. The Morgan fingerprint density at radius 1 is 1.48 bits per heavy atom. The lowest BCUT2D eigenvalue weighted by atomic mass is 10.1. The predicted octanol–water partition coefficient (Wildman–Crippen LogP) is 1.12. The van der Waals surface area contributed by atoms with Gasteiger partial charge in [-0.25, -0.2) is 0 Å². The van der Waals surface area contributed by atoms with Crippen LogP contribution in [-0.4, -0.2) is 40.5 Å². The number of nitro groups is 1. The van der Waals surface area contributed by atoms with Crippen LogP contribution in [-0.2, 0) is 9.59 Å². The summed E-state index contributed by atoms with van der Waals surface area (Å²) >= 11 is 0.617. The summed E-state index contributed by atoms with van der Waals surface area (Å²) in [5.41, 5.74) is 4.99. The summed E-state index contributed by atoms with van der Waals surface area (Å²) in [5, 5.41) is 10.3. The Kier molecular flexibility index (Phi) is 4.65. The maximum Gasteiger partial charge on any atom is 0.311 e. The summed E-state index contributed by atoms with van der Waals surface area (Å²) < 4.78 is 5.02. The number of primary amides is 1. The van der Waals surface area contributed by atoms with Gasteiger partial charge in [-0.15, -0.1) is 0 Å². The topological polar surface area (TPSA) is 133 Å². The second kappa shape index (κ2) is 6.48. The third-order valence-corrected chi connectivity index (χ3v) is 3.81. The zero-order chi connectivity index (χ0) is 17.1. The highest BCUT2D eigenvalue weighted by Crippen LogP contribution is 2.36. The van der Waals surface area contributed by atoms with Gasteiger partial charge in [-0.05, 0) is 17.8 Å². The van der Waals surface area contributed by atoms with Crippen LogP contribution in [0.1, 0.15) is 5.56 Å². The number of amides is 3. The van der Waals surface area contributed by atoms with Crippen molar-refractivity contribution in [1.82, 2.24) is 4.90 Å². The maximum absolute atomic E-state index is 12.1. The predicted molar refractivity (Wildman–Crippen MR) is 81.5 cm³/mol. The quantitative estimate of drug-likeness (QED) is 0.483. The Balaban J connectivity index is 2.42. The average Bonchev–Trinajstić information content (AvgIpc) is 2.74. The van der Waals surface area contributed by atoms with Crippen molar-refractivity contribution in [3.8, 4) is 5.75 Å². The Labute approximate surface area is 134 Å². The van der Waals surface area contributed by atoms with Gasteiger partial charge in [-0.3, -0.25) is 29.4 Å². The van der Waals surface area contributed by atoms with Crippen LogP contribution in [0.25, 0.3) is 6.08 Å². The molecule has 1 aromatic rings. The van der Waals surface area contributed by atoms with Crippen molar-refractivity contribution in [2.75, 3.05) is 13.7 Å². The molecule has 1 aromatic carbocycles. The maximum atomic E-state index is 12.1. The van der Waals surface area contributed by atoms with Crippen LogP contribution >= 0.6 is 11.8 Å². The molecule has 0 bridgehead atoms. The van der Waals surface area contributed by atoms with E-state index < -0.39 is 28.5 Å². The molecule has 120 valence electrons. The zero-order valence-corrected chi connectivity index (χ0v) is 12.7. The second-order valence-electron chi connectivity index (χ2n) is 4.39. The standard InChI is InChI=1S/C13H11N3O6S/c1-22-11-7(3-2-4-8(11)16(20)21)5-9-12(18)15(6-10(14)17)13(19)23-9/h2-5H,6H2,1H3,(H2,14,17)/b9-5-.